The topological polar surface area (TPSA) is 98.1 Å². The quantitative estimate of drug-likeness (QED) is 0.162. The Balaban J connectivity index is 1.71. The van der Waals surface area contributed by atoms with E-state index in [4.69, 9.17) is 28.7 Å². The Hall–Kier alpha value is -2.92. The van der Waals surface area contributed by atoms with E-state index in [1.165, 1.54) is 11.8 Å². The summed E-state index contributed by atoms with van der Waals surface area (Å²) in [5.74, 6) is 0.681. The molecule has 36 heavy (non-hydrogen) atoms. The SMILES string of the molecule is CCOC(=O)c1cc2c(c(CSc3nc4ccccc4c(=O)n3CC(OCC)OCC)c1)OCOC2. The van der Waals surface area contributed by atoms with Gasteiger partial charge in [0.15, 0.2) is 18.2 Å². The van der Waals surface area contributed by atoms with E-state index in [2.05, 4.69) is 0 Å². The van der Waals surface area contributed by atoms with E-state index in [-0.39, 0.29) is 25.5 Å². The number of carbonyl (C=O) groups excluding carboxylic acids is 1. The van der Waals surface area contributed by atoms with Crippen molar-refractivity contribution in [3.8, 4) is 5.75 Å². The highest BCUT2D eigenvalue weighted by molar-refractivity contribution is 7.98. The normalized spacial score (nSPS) is 13.0. The van der Waals surface area contributed by atoms with Crippen LogP contribution in [0.5, 0.6) is 5.75 Å². The first-order valence-electron chi connectivity index (χ1n) is 11.9. The summed E-state index contributed by atoms with van der Waals surface area (Å²) in [6, 6.07) is 10.7. The largest absolute Gasteiger partial charge is 0.467 e. The van der Waals surface area contributed by atoms with E-state index in [0.717, 1.165) is 11.1 Å². The van der Waals surface area contributed by atoms with Gasteiger partial charge >= 0.3 is 5.97 Å². The lowest BCUT2D eigenvalue weighted by Crippen LogP contribution is -2.32. The molecule has 0 bridgehead atoms. The fourth-order valence-corrected chi connectivity index (χ4v) is 4.95. The Morgan fingerprint density at radius 2 is 1.92 bits per heavy atom. The summed E-state index contributed by atoms with van der Waals surface area (Å²) in [5, 5.41) is 1.04. The number of carbonyl (C=O) groups is 1. The molecule has 0 aliphatic carbocycles. The molecule has 2 heterocycles. The van der Waals surface area contributed by atoms with Gasteiger partial charge in [0, 0.05) is 30.1 Å². The molecule has 3 aromatic rings. The van der Waals surface area contributed by atoms with Gasteiger partial charge in [0.05, 0.1) is 36.2 Å². The highest BCUT2D eigenvalue weighted by Crippen LogP contribution is 2.34. The second kappa shape index (κ2) is 12.4. The third-order valence-electron chi connectivity index (χ3n) is 5.52. The summed E-state index contributed by atoms with van der Waals surface area (Å²) in [6.45, 7) is 7.38. The first kappa shape index (κ1) is 26.2. The second-order valence-electron chi connectivity index (χ2n) is 7.91. The molecule has 0 saturated carbocycles. The van der Waals surface area contributed by atoms with Crippen molar-refractivity contribution in [2.75, 3.05) is 26.6 Å². The van der Waals surface area contributed by atoms with E-state index in [1.807, 2.05) is 32.0 Å². The van der Waals surface area contributed by atoms with Gasteiger partial charge in [-0.1, -0.05) is 23.9 Å². The lowest BCUT2D eigenvalue weighted by atomic mass is 10.0. The van der Waals surface area contributed by atoms with Gasteiger partial charge in [0.25, 0.3) is 5.56 Å². The zero-order valence-electron chi connectivity index (χ0n) is 20.7. The Labute approximate surface area is 213 Å². The first-order chi connectivity index (χ1) is 17.5. The summed E-state index contributed by atoms with van der Waals surface area (Å²) in [7, 11) is 0. The molecule has 1 aliphatic heterocycles. The number of hydrogen-bond donors (Lipinski definition) is 0. The van der Waals surface area contributed by atoms with Gasteiger partial charge in [-0.15, -0.1) is 0 Å². The minimum atomic E-state index is -0.583. The molecular formula is C26H30N2O7S. The van der Waals surface area contributed by atoms with Gasteiger partial charge in [-0.2, -0.15) is 0 Å². The third kappa shape index (κ3) is 5.89. The third-order valence-corrected chi connectivity index (χ3v) is 6.54. The maximum absolute atomic E-state index is 13.4. The average molecular weight is 515 g/mol. The van der Waals surface area contributed by atoms with Crippen molar-refractivity contribution in [1.29, 1.82) is 0 Å². The number of nitrogens with zero attached hydrogens (tertiary/aromatic N) is 2. The summed E-state index contributed by atoms with van der Waals surface area (Å²) in [6.07, 6.45) is -0.583. The molecule has 2 aromatic carbocycles. The van der Waals surface area contributed by atoms with E-state index < -0.39 is 12.3 Å². The number of ether oxygens (including phenoxy) is 5. The smallest absolute Gasteiger partial charge is 0.338 e. The van der Waals surface area contributed by atoms with Crippen LogP contribution in [-0.4, -0.2) is 48.4 Å². The van der Waals surface area contributed by atoms with Crippen molar-refractivity contribution >= 4 is 28.6 Å². The fourth-order valence-electron chi connectivity index (χ4n) is 3.97. The minimum Gasteiger partial charge on any atom is -0.467 e. The van der Waals surface area contributed by atoms with Crippen LogP contribution in [0.4, 0.5) is 0 Å². The molecule has 1 aliphatic rings. The first-order valence-corrected chi connectivity index (χ1v) is 12.9. The average Bonchev–Trinajstić information content (AvgIpc) is 2.89. The van der Waals surface area contributed by atoms with Crippen LogP contribution in [0.25, 0.3) is 10.9 Å². The van der Waals surface area contributed by atoms with Crippen molar-refractivity contribution in [3.63, 3.8) is 0 Å². The monoisotopic (exact) mass is 514 g/mol. The predicted octanol–water partition coefficient (Wildman–Crippen LogP) is 4.13. The maximum Gasteiger partial charge on any atom is 0.338 e. The maximum atomic E-state index is 13.4. The fraction of sp³-hybridized carbons (Fsp3) is 0.423. The van der Waals surface area contributed by atoms with Crippen molar-refractivity contribution in [1.82, 2.24) is 9.55 Å². The van der Waals surface area contributed by atoms with Crippen LogP contribution in [0.1, 0.15) is 42.3 Å². The number of thioether (sulfide) groups is 1. The molecule has 0 saturated heterocycles. The Kier molecular flexibility index (Phi) is 8.98. The Bertz CT molecular complexity index is 1270. The molecule has 0 amide bonds. The molecule has 10 heteroatoms. The number of para-hydroxylation sites is 1. The van der Waals surface area contributed by atoms with Crippen LogP contribution in [0.15, 0.2) is 46.3 Å². The van der Waals surface area contributed by atoms with Gasteiger partial charge in [-0.25, -0.2) is 9.78 Å². The van der Waals surface area contributed by atoms with Crippen LogP contribution in [-0.2, 0) is 37.9 Å². The molecule has 9 nitrogen and oxygen atoms in total. The van der Waals surface area contributed by atoms with Gasteiger partial charge in [-0.3, -0.25) is 9.36 Å². The minimum absolute atomic E-state index is 0.132. The molecule has 0 N–H and O–H groups in total. The van der Waals surface area contributed by atoms with Crippen LogP contribution < -0.4 is 10.3 Å². The zero-order valence-corrected chi connectivity index (χ0v) is 21.5. The van der Waals surface area contributed by atoms with Gasteiger partial charge in [0.2, 0.25) is 0 Å². The van der Waals surface area contributed by atoms with E-state index in [9.17, 15) is 9.59 Å². The Morgan fingerprint density at radius 1 is 1.14 bits per heavy atom. The van der Waals surface area contributed by atoms with Gasteiger partial charge in [-0.05, 0) is 45.0 Å². The highest BCUT2D eigenvalue weighted by Gasteiger charge is 2.22. The number of rotatable bonds is 11. The molecule has 0 radical (unpaired) electrons. The van der Waals surface area contributed by atoms with Gasteiger partial charge in [0.1, 0.15) is 5.75 Å². The molecule has 192 valence electrons. The van der Waals surface area contributed by atoms with Crippen molar-refractivity contribution < 1.29 is 28.5 Å². The lowest BCUT2D eigenvalue weighted by Gasteiger charge is -2.22. The summed E-state index contributed by atoms with van der Waals surface area (Å²) in [5.41, 5.74) is 2.44. The molecule has 0 atom stereocenters. The highest BCUT2D eigenvalue weighted by atomic mass is 32.2. The van der Waals surface area contributed by atoms with Crippen LogP contribution in [0, 0.1) is 0 Å². The molecule has 1 aromatic heterocycles. The Morgan fingerprint density at radius 3 is 2.67 bits per heavy atom. The van der Waals surface area contributed by atoms with Crippen LogP contribution in [0.3, 0.4) is 0 Å². The van der Waals surface area contributed by atoms with Gasteiger partial charge < -0.3 is 23.7 Å². The molecule has 4 rings (SSSR count). The predicted molar refractivity (Wildman–Crippen MR) is 135 cm³/mol. The van der Waals surface area contributed by atoms with Crippen molar-refractivity contribution in [3.05, 3.63) is 63.4 Å². The lowest BCUT2D eigenvalue weighted by molar-refractivity contribution is -0.144. The van der Waals surface area contributed by atoms with Crippen LogP contribution in [0.2, 0.25) is 0 Å². The molecule has 0 fully saturated rings. The second-order valence-corrected chi connectivity index (χ2v) is 8.85. The standard InChI is InChI=1S/C26H30N2O7S/c1-4-32-22(33-5-2)13-28-24(29)20-9-7-8-10-21(20)27-26(28)36-15-19-12-17(25(30)34-6-3)11-18-14-31-16-35-23(18)19/h7-12,22H,4-6,13-16H2,1-3H3. The number of aromatic nitrogens is 2. The number of hydrogen-bond acceptors (Lipinski definition) is 9. The number of fused-ring (bicyclic) bond motifs is 2. The van der Waals surface area contributed by atoms with E-state index in [1.54, 1.807) is 29.7 Å². The van der Waals surface area contributed by atoms with E-state index in [0.29, 0.717) is 52.9 Å². The summed E-state index contributed by atoms with van der Waals surface area (Å²) in [4.78, 5) is 30.7. The molecule has 0 unspecified atom stereocenters. The summed E-state index contributed by atoms with van der Waals surface area (Å²) >= 11 is 1.38. The molecule has 0 spiro atoms. The number of benzene rings is 2. The summed E-state index contributed by atoms with van der Waals surface area (Å²) < 4.78 is 29.4. The van der Waals surface area contributed by atoms with Crippen molar-refractivity contribution in [2.24, 2.45) is 0 Å². The number of esters is 1. The zero-order chi connectivity index (χ0) is 25.5. The van der Waals surface area contributed by atoms with E-state index >= 15 is 0 Å². The molecular weight excluding hydrogens is 484 g/mol. The van der Waals surface area contributed by atoms with Crippen molar-refractivity contribution in [2.45, 2.75) is 51.1 Å². The van der Waals surface area contributed by atoms with Crippen LogP contribution >= 0.6 is 11.8 Å².